The van der Waals surface area contributed by atoms with E-state index in [1.807, 2.05) is 41.5 Å². The topological polar surface area (TPSA) is 215 Å². The smallest absolute Gasteiger partial charge is 0.404 e. The van der Waals surface area contributed by atoms with Crippen molar-refractivity contribution in [3.05, 3.63) is 114 Å². The third-order valence-corrected chi connectivity index (χ3v) is 12.8. The molecule has 0 aliphatic carbocycles. The molecule has 0 saturated carbocycles. The van der Waals surface area contributed by atoms with Crippen molar-refractivity contribution in [2.24, 2.45) is 10.8 Å². The Kier molecular flexibility index (Phi) is 13.5. The minimum Gasteiger partial charge on any atom is -0.465 e. The Morgan fingerprint density at radius 2 is 1.18 bits per heavy atom. The molecule has 15 nitrogen and oxygen atoms in total. The van der Waals surface area contributed by atoms with E-state index in [1.165, 1.54) is 67.6 Å². The first-order valence-electron chi connectivity index (χ1n) is 17.0. The first kappa shape index (κ1) is 43.6. The largest absolute Gasteiger partial charge is 0.465 e. The zero-order valence-electron chi connectivity index (χ0n) is 31.4. The fourth-order valence-corrected chi connectivity index (χ4v) is 9.04. The molecule has 0 spiro atoms. The number of nitrogens with one attached hydrogen (secondary N) is 2. The van der Waals surface area contributed by atoms with E-state index in [0.717, 1.165) is 14.1 Å². The lowest BCUT2D eigenvalue weighted by Gasteiger charge is -2.30. The number of nitrogens with zero attached hydrogens (tertiary/aromatic N) is 5. The van der Waals surface area contributed by atoms with Gasteiger partial charge >= 0.3 is 12.2 Å². The molecular formula is C37H43BrFN7O8S2. The van der Waals surface area contributed by atoms with Crippen LogP contribution in [0.4, 0.5) is 14.0 Å². The lowest BCUT2D eigenvalue weighted by molar-refractivity contribution is 0.173. The maximum atomic E-state index is 14.5. The Bertz CT molecular complexity index is 2380. The average molecular weight is 877 g/mol. The van der Waals surface area contributed by atoms with Gasteiger partial charge in [-0.15, -0.1) is 0 Å². The van der Waals surface area contributed by atoms with Crippen LogP contribution in [0.25, 0.3) is 11.3 Å². The van der Waals surface area contributed by atoms with Crippen molar-refractivity contribution in [3.8, 4) is 11.3 Å². The lowest BCUT2D eigenvalue weighted by Crippen LogP contribution is -2.44. The second kappa shape index (κ2) is 17.3. The second-order valence-electron chi connectivity index (χ2n) is 14.9. The molecule has 0 fully saturated rings. The summed E-state index contributed by atoms with van der Waals surface area (Å²) in [4.78, 5) is 33.7. The fraction of sp³-hybridized carbons (Fsp3) is 0.324. The van der Waals surface area contributed by atoms with Gasteiger partial charge in [0, 0.05) is 61.0 Å². The van der Waals surface area contributed by atoms with Crippen LogP contribution in [0.15, 0.2) is 106 Å². The van der Waals surface area contributed by atoms with Crippen LogP contribution < -0.4 is 10.6 Å². The van der Waals surface area contributed by atoms with Gasteiger partial charge in [0.05, 0.1) is 11.9 Å². The van der Waals surface area contributed by atoms with Gasteiger partial charge in [0.25, 0.3) is 20.0 Å². The van der Waals surface area contributed by atoms with Crippen molar-refractivity contribution in [1.82, 2.24) is 33.5 Å². The summed E-state index contributed by atoms with van der Waals surface area (Å²) in [5, 5.41) is 23.2. The van der Waals surface area contributed by atoms with E-state index in [4.69, 9.17) is 5.11 Å². The molecule has 0 aromatic carbocycles. The molecule has 5 aromatic rings. The van der Waals surface area contributed by atoms with E-state index in [1.54, 1.807) is 18.2 Å². The van der Waals surface area contributed by atoms with Gasteiger partial charge in [-0.2, -0.15) is 0 Å². The highest BCUT2D eigenvalue weighted by atomic mass is 79.9. The highest BCUT2D eigenvalue weighted by Gasteiger charge is 2.30. The normalized spacial score (nSPS) is 13.2. The Morgan fingerprint density at radius 3 is 1.61 bits per heavy atom. The van der Waals surface area contributed by atoms with Crippen molar-refractivity contribution in [2.45, 2.75) is 76.3 Å². The number of carbonyl (C=O) groups is 2. The summed E-state index contributed by atoms with van der Waals surface area (Å²) in [6.45, 7) is 11.4. The Hall–Kier alpha value is -5.14. The number of carboxylic acid groups (broad SMARTS) is 2. The molecule has 5 heterocycles. The second-order valence-corrected chi connectivity index (χ2v) is 19.3. The first-order valence-corrected chi connectivity index (χ1v) is 20.7. The predicted molar refractivity (Wildman–Crippen MR) is 210 cm³/mol. The van der Waals surface area contributed by atoms with Crippen LogP contribution in [-0.4, -0.2) is 74.2 Å². The SMILES string of the molecule is CC(C)(C)C(Cc1cc(-c2ccncc2F)n(S(=O)(=O)c2cccnc2)c1)NC(=O)O.CC(C)(C)C(Cc1cc(Br)n(S(=O)(=O)c2cccnc2)c1)NC(=O)O. The summed E-state index contributed by atoms with van der Waals surface area (Å²) >= 11 is 3.27. The summed E-state index contributed by atoms with van der Waals surface area (Å²) in [5.74, 6) is -0.675. The third kappa shape index (κ3) is 10.8. The summed E-state index contributed by atoms with van der Waals surface area (Å²) in [7, 11) is -7.85. The van der Waals surface area contributed by atoms with Crippen LogP contribution in [0, 0.1) is 16.6 Å². The summed E-state index contributed by atoms with van der Waals surface area (Å²) in [6.07, 6.45) is 9.00. The maximum Gasteiger partial charge on any atom is 0.404 e. The quantitative estimate of drug-likeness (QED) is 0.110. The molecule has 0 aliphatic rings. The highest BCUT2D eigenvalue weighted by molar-refractivity contribution is 9.10. The van der Waals surface area contributed by atoms with Crippen LogP contribution in [0.5, 0.6) is 0 Å². The van der Waals surface area contributed by atoms with Gasteiger partial charge in [-0.3, -0.25) is 15.0 Å². The van der Waals surface area contributed by atoms with Crippen molar-refractivity contribution < 1.29 is 41.0 Å². The average Bonchev–Trinajstić information content (AvgIpc) is 3.71. The lowest BCUT2D eigenvalue weighted by atomic mass is 9.83. The van der Waals surface area contributed by atoms with Crippen molar-refractivity contribution in [3.63, 3.8) is 0 Å². The van der Waals surface area contributed by atoms with Gasteiger partial charge in [0.1, 0.15) is 14.4 Å². The van der Waals surface area contributed by atoms with Gasteiger partial charge in [-0.25, -0.2) is 38.8 Å². The Morgan fingerprint density at radius 1 is 0.732 bits per heavy atom. The maximum absolute atomic E-state index is 14.5. The highest BCUT2D eigenvalue weighted by Crippen LogP contribution is 2.31. The van der Waals surface area contributed by atoms with Crippen molar-refractivity contribution in [1.29, 1.82) is 0 Å². The van der Waals surface area contributed by atoms with Gasteiger partial charge in [-0.1, -0.05) is 41.5 Å². The summed E-state index contributed by atoms with van der Waals surface area (Å²) in [5.41, 5.74) is 0.648. The minimum absolute atomic E-state index is 0.0519. The number of halogens is 2. The molecule has 2 atom stereocenters. The number of hydrogen-bond donors (Lipinski definition) is 4. The van der Waals surface area contributed by atoms with E-state index >= 15 is 0 Å². The van der Waals surface area contributed by atoms with Gasteiger partial charge in [0.15, 0.2) is 5.82 Å². The van der Waals surface area contributed by atoms with Crippen LogP contribution in [-0.2, 0) is 32.9 Å². The monoisotopic (exact) mass is 875 g/mol. The molecule has 0 bridgehead atoms. The third-order valence-electron chi connectivity index (χ3n) is 8.64. The van der Waals surface area contributed by atoms with Crippen LogP contribution in [0.1, 0.15) is 52.7 Å². The number of pyridine rings is 3. The molecule has 19 heteroatoms. The molecule has 2 amide bonds. The first-order chi connectivity index (χ1) is 26.0. The van der Waals surface area contributed by atoms with Crippen molar-refractivity contribution >= 4 is 48.2 Å². The van der Waals surface area contributed by atoms with Gasteiger partial charge in [0.2, 0.25) is 0 Å². The zero-order valence-corrected chi connectivity index (χ0v) is 34.6. The molecular weight excluding hydrogens is 833 g/mol. The molecule has 56 heavy (non-hydrogen) atoms. The van der Waals surface area contributed by atoms with E-state index in [-0.39, 0.29) is 38.9 Å². The molecule has 5 aromatic heterocycles. The fourth-order valence-electron chi connectivity index (χ4n) is 5.49. The van der Waals surface area contributed by atoms with Crippen molar-refractivity contribution in [2.75, 3.05) is 0 Å². The Labute approximate surface area is 333 Å². The number of rotatable bonds is 11. The number of hydrogen-bond acceptors (Lipinski definition) is 9. The standard InChI is InChI=1S/C21H23FN4O4S.C16H20BrN3O4S/c1-21(2,3)19(25-20(27)28)10-14-9-18(16-6-8-24-12-17(16)22)26(13-14)31(29,30)15-5-4-7-23-11-15;1-16(2,3)13(19-15(21)22)7-11-8-14(17)20(10-11)25(23,24)12-5-4-6-18-9-12/h4-9,11-13,19,25H,10H2,1-3H3,(H,27,28);4-6,8-10,13,19H,7H2,1-3H3,(H,21,22). The van der Waals surface area contributed by atoms with E-state index in [0.29, 0.717) is 22.2 Å². The Balaban J connectivity index is 0.000000255. The van der Waals surface area contributed by atoms with Gasteiger partial charge < -0.3 is 20.8 Å². The summed E-state index contributed by atoms with van der Waals surface area (Å²) < 4.78 is 69.0. The van der Waals surface area contributed by atoms with Crippen LogP contribution in [0.3, 0.4) is 0 Å². The number of amides is 2. The molecule has 2 unspecified atom stereocenters. The van der Waals surface area contributed by atoms with Gasteiger partial charge in [-0.05, 0) is 93.2 Å². The molecule has 4 N–H and O–H groups in total. The molecule has 0 radical (unpaired) electrons. The van der Waals surface area contributed by atoms with E-state index < -0.39 is 49.5 Å². The van der Waals surface area contributed by atoms with Crippen LogP contribution in [0.2, 0.25) is 0 Å². The van der Waals surface area contributed by atoms with E-state index in [9.17, 15) is 35.9 Å². The summed E-state index contributed by atoms with van der Waals surface area (Å²) in [6, 6.07) is 9.67. The van der Waals surface area contributed by atoms with Crippen LogP contribution >= 0.6 is 15.9 Å². The zero-order chi connectivity index (χ0) is 41.6. The number of aromatic nitrogens is 5. The molecule has 0 aliphatic heterocycles. The minimum atomic E-state index is -4.08. The molecule has 300 valence electrons. The molecule has 0 saturated heterocycles. The predicted octanol–water partition coefficient (Wildman–Crippen LogP) is 6.65. The molecule has 5 rings (SSSR count). The van der Waals surface area contributed by atoms with E-state index in [2.05, 4.69) is 41.5 Å².